The maximum absolute atomic E-state index is 11.6. The molecule has 17 heavy (non-hydrogen) atoms. The lowest BCUT2D eigenvalue weighted by Gasteiger charge is -2.35. The molecule has 0 saturated carbocycles. The highest BCUT2D eigenvalue weighted by Crippen LogP contribution is 2.25. The Labute approximate surface area is 102 Å². The van der Waals surface area contributed by atoms with E-state index in [0.29, 0.717) is 6.42 Å². The van der Waals surface area contributed by atoms with Crippen LogP contribution in [0.1, 0.15) is 25.3 Å². The Bertz CT molecular complexity index is 384. The molecule has 0 amide bonds. The van der Waals surface area contributed by atoms with Crippen molar-refractivity contribution in [3.05, 3.63) is 35.9 Å². The first kappa shape index (κ1) is 12.1. The van der Waals surface area contributed by atoms with Gasteiger partial charge >= 0.3 is 5.97 Å². The molecule has 0 spiro atoms. The molecule has 1 saturated heterocycles. The summed E-state index contributed by atoms with van der Waals surface area (Å²) in [5.41, 5.74) is 0.321. The van der Waals surface area contributed by atoms with Crippen molar-refractivity contribution >= 4 is 5.97 Å². The molecule has 3 heteroatoms. The monoisotopic (exact) mass is 233 g/mol. The Balaban J connectivity index is 2.19. The van der Waals surface area contributed by atoms with E-state index in [1.54, 1.807) is 0 Å². The number of likely N-dealkylation sites (tertiary alicyclic amines) is 1. The van der Waals surface area contributed by atoms with Crippen LogP contribution in [0.3, 0.4) is 0 Å². The van der Waals surface area contributed by atoms with Gasteiger partial charge in [0.2, 0.25) is 0 Å². The van der Waals surface area contributed by atoms with E-state index in [4.69, 9.17) is 0 Å². The van der Waals surface area contributed by atoms with Gasteiger partial charge < -0.3 is 5.11 Å². The van der Waals surface area contributed by atoms with Crippen molar-refractivity contribution in [3.63, 3.8) is 0 Å². The zero-order chi connectivity index (χ0) is 12.3. The third-order valence-electron chi connectivity index (χ3n) is 3.66. The number of rotatable bonds is 4. The second kappa shape index (κ2) is 4.88. The standard InChI is InChI=1S/C14H19NO2/c1-14(13(16)17,15-9-5-6-10-15)11-12-7-3-2-4-8-12/h2-4,7-8H,5-6,9-11H2,1H3,(H,16,17). The van der Waals surface area contributed by atoms with Crippen molar-refractivity contribution in [2.24, 2.45) is 0 Å². The second-order valence-electron chi connectivity index (χ2n) is 4.94. The van der Waals surface area contributed by atoms with Gasteiger partial charge in [-0.25, -0.2) is 0 Å². The summed E-state index contributed by atoms with van der Waals surface area (Å²) < 4.78 is 0. The number of carbonyl (C=O) groups is 1. The van der Waals surface area contributed by atoms with Crippen molar-refractivity contribution in [1.82, 2.24) is 4.90 Å². The van der Waals surface area contributed by atoms with Gasteiger partial charge in [0.1, 0.15) is 5.54 Å². The van der Waals surface area contributed by atoms with E-state index in [1.165, 1.54) is 0 Å². The molecule has 0 aromatic heterocycles. The molecule has 92 valence electrons. The summed E-state index contributed by atoms with van der Waals surface area (Å²) >= 11 is 0. The van der Waals surface area contributed by atoms with Crippen LogP contribution in [0, 0.1) is 0 Å². The van der Waals surface area contributed by atoms with Crippen LogP contribution in [0.15, 0.2) is 30.3 Å². The average Bonchev–Trinajstić information content (AvgIpc) is 2.84. The highest BCUT2D eigenvalue weighted by molar-refractivity contribution is 5.78. The molecule has 0 aliphatic carbocycles. The maximum Gasteiger partial charge on any atom is 0.324 e. The molecule has 1 aliphatic rings. The van der Waals surface area contributed by atoms with E-state index in [9.17, 15) is 9.90 Å². The molecule has 1 N–H and O–H groups in total. The van der Waals surface area contributed by atoms with Crippen LogP contribution in [0.2, 0.25) is 0 Å². The molecule has 1 fully saturated rings. The van der Waals surface area contributed by atoms with E-state index in [0.717, 1.165) is 31.5 Å². The van der Waals surface area contributed by atoms with E-state index >= 15 is 0 Å². The van der Waals surface area contributed by atoms with Crippen LogP contribution in [0.25, 0.3) is 0 Å². The molecule has 1 aromatic rings. The minimum absolute atomic E-state index is 0.573. The van der Waals surface area contributed by atoms with Gasteiger partial charge in [0.25, 0.3) is 0 Å². The highest BCUT2D eigenvalue weighted by Gasteiger charge is 2.40. The smallest absolute Gasteiger partial charge is 0.324 e. The molecule has 0 radical (unpaired) electrons. The van der Waals surface area contributed by atoms with Gasteiger partial charge in [-0.15, -0.1) is 0 Å². The van der Waals surface area contributed by atoms with E-state index in [2.05, 4.69) is 4.90 Å². The van der Waals surface area contributed by atoms with Gasteiger partial charge in [-0.1, -0.05) is 30.3 Å². The molecule has 1 aliphatic heterocycles. The Morgan fingerprint density at radius 2 is 1.88 bits per heavy atom. The van der Waals surface area contributed by atoms with Gasteiger partial charge in [-0.05, 0) is 38.4 Å². The second-order valence-corrected chi connectivity index (χ2v) is 4.94. The zero-order valence-corrected chi connectivity index (χ0v) is 10.2. The Kier molecular flexibility index (Phi) is 3.48. The average molecular weight is 233 g/mol. The molecular formula is C14H19NO2. The van der Waals surface area contributed by atoms with Crippen LogP contribution in [-0.4, -0.2) is 34.6 Å². The van der Waals surface area contributed by atoms with E-state index in [-0.39, 0.29) is 0 Å². The fraction of sp³-hybridized carbons (Fsp3) is 0.500. The SMILES string of the molecule is CC(Cc1ccccc1)(C(=O)O)N1CCCC1. The van der Waals surface area contributed by atoms with Crippen molar-refractivity contribution in [2.75, 3.05) is 13.1 Å². The lowest BCUT2D eigenvalue weighted by Crippen LogP contribution is -2.52. The fourth-order valence-corrected chi connectivity index (χ4v) is 2.53. The predicted molar refractivity (Wildman–Crippen MR) is 67.0 cm³/mol. The summed E-state index contributed by atoms with van der Waals surface area (Å²) in [6.07, 6.45) is 2.79. The predicted octanol–water partition coefficient (Wildman–Crippen LogP) is 2.17. The highest BCUT2D eigenvalue weighted by atomic mass is 16.4. The van der Waals surface area contributed by atoms with Crippen LogP contribution in [-0.2, 0) is 11.2 Å². The Morgan fingerprint density at radius 3 is 2.41 bits per heavy atom. The van der Waals surface area contributed by atoms with Gasteiger partial charge in [0.15, 0.2) is 0 Å². The van der Waals surface area contributed by atoms with Crippen LogP contribution in [0.5, 0.6) is 0 Å². The normalized spacial score (nSPS) is 20.1. The minimum atomic E-state index is -0.766. The summed E-state index contributed by atoms with van der Waals surface area (Å²) in [4.78, 5) is 13.7. The number of carboxylic acids is 1. The Hall–Kier alpha value is -1.35. The van der Waals surface area contributed by atoms with E-state index < -0.39 is 11.5 Å². The quantitative estimate of drug-likeness (QED) is 0.866. The topological polar surface area (TPSA) is 40.5 Å². The maximum atomic E-state index is 11.6. The molecule has 3 nitrogen and oxygen atoms in total. The molecule has 1 unspecified atom stereocenters. The van der Waals surface area contributed by atoms with Gasteiger partial charge in [0.05, 0.1) is 0 Å². The third kappa shape index (κ3) is 2.50. The first-order chi connectivity index (χ1) is 8.13. The number of nitrogens with zero attached hydrogens (tertiary/aromatic N) is 1. The number of hydrogen-bond acceptors (Lipinski definition) is 2. The summed E-state index contributed by atoms with van der Waals surface area (Å²) in [5.74, 6) is -0.719. The summed E-state index contributed by atoms with van der Waals surface area (Å²) in [5, 5.41) is 9.51. The number of benzene rings is 1. The van der Waals surface area contributed by atoms with Crippen molar-refractivity contribution in [2.45, 2.75) is 31.7 Å². The Morgan fingerprint density at radius 1 is 1.29 bits per heavy atom. The summed E-state index contributed by atoms with van der Waals surface area (Å²) in [6, 6.07) is 9.87. The molecule has 0 bridgehead atoms. The fourth-order valence-electron chi connectivity index (χ4n) is 2.53. The largest absolute Gasteiger partial charge is 0.480 e. The zero-order valence-electron chi connectivity index (χ0n) is 10.2. The molecular weight excluding hydrogens is 214 g/mol. The summed E-state index contributed by atoms with van der Waals surface area (Å²) in [6.45, 7) is 3.64. The first-order valence-corrected chi connectivity index (χ1v) is 6.15. The minimum Gasteiger partial charge on any atom is -0.480 e. The third-order valence-corrected chi connectivity index (χ3v) is 3.66. The van der Waals surface area contributed by atoms with Crippen molar-refractivity contribution in [3.8, 4) is 0 Å². The van der Waals surface area contributed by atoms with Crippen LogP contribution >= 0.6 is 0 Å². The molecule has 1 aromatic carbocycles. The van der Waals surface area contributed by atoms with Crippen LogP contribution in [0.4, 0.5) is 0 Å². The summed E-state index contributed by atoms with van der Waals surface area (Å²) in [7, 11) is 0. The lowest BCUT2D eigenvalue weighted by atomic mass is 9.91. The van der Waals surface area contributed by atoms with Gasteiger partial charge in [-0.3, -0.25) is 9.69 Å². The van der Waals surface area contributed by atoms with Crippen LogP contribution < -0.4 is 0 Å². The lowest BCUT2D eigenvalue weighted by molar-refractivity contribution is -0.149. The van der Waals surface area contributed by atoms with E-state index in [1.807, 2.05) is 37.3 Å². The number of carboxylic acid groups (broad SMARTS) is 1. The van der Waals surface area contributed by atoms with Gasteiger partial charge in [0, 0.05) is 6.42 Å². The van der Waals surface area contributed by atoms with Crippen molar-refractivity contribution in [1.29, 1.82) is 0 Å². The van der Waals surface area contributed by atoms with Crippen molar-refractivity contribution < 1.29 is 9.90 Å². The molecule has 1 atom stereocenters. The molecule has 1 heterocycles. The van der Waals surface area contributed by atoms with Gasteiger partial charge in [-0.2, -0.15) is 0 Å². The molecule has 2 rings (SSSR count). The number of aliphatic carboxylic acids is 1. The number of hydrogen-bond donors (Lipinski definition) is 1. The first-order valence-electron chi connectivity index (χ1n) is 6.15.